The molecular formula is C20H26N2O3. The van der Waals surface area contributed by atoms with Crippen molar-refractivity contribution in [1.29, 1.82) is 0 Å². The van der Waals surface area contributed by atoms with Gasteiger partial charge in [-0.2, -0.15) is 0 Å². The van der Waals surface area contributed by atoms with Gasteiger partial charge in [0.2, 0.25) is 0 Å². The van der Waals surface area contributed by atoms with Crippen molar-refractivity contribution in [3.05, 3.63) is 53.6 Å². The zero-order valence-corrected chi connectivity index (χ0v) is 15.1. The zero-order chi connectivity index (χ0) is 18.1. The Balaban J connectivity index is 1.86. The average molecular weight is 342 g/mol. The van der Waals surface area contributed by atoms with E-state index in [0.29, 0.717) is 18.0 Å². The Morgan fingerprint density at radius 1 is 0.960 bits per heavy atom. The van der Waals surface area contributed by atoms with E-state index in [9.17, 15) is 4.79 Å². The third kappa shape index (κ3) is 5.71. The highest BCUT2D eigenvalue weighted by Crippen LogP contribution is 2.27. The molecule has 2 rings (SSSR count). The number of anilines is 1. The maximum absolute atomic E-state index is 12.0. The van der Waals surface area contributed by atoms with E-state index in [4.69, 9.17) is 9.47 Å². The molecule has 0 aromatic heterocycles. The van der Waals surface area contributed by atoms with Crippen LogP contribution < -0.4 is 20.1 Å². The summed E-state index contributed by atoms with van der Waals surface area (Å²) in [5, 5.41) is 5.68. The lowest BCUT2D eigenvalue weighted by Gasteiger charge is -2.11. The number of unbranched alkanes of at least 4 members (excludes halogenated alkanes) is 1. The van der Waals surface area contributed by atoms with Crippen molar-refractivity contribution < 1.29 is 14.3 Å². The van der Waals surface area contributed by atoms with Crippen molar-refractivity contribution in [2.75, 3.05) is 19.5 Å². The minimum Gasteiger partial charge on any atom is -0.493 e. The predicted octanol–water partition coefficient (Wildman–Crippen LogP) is 4.37. The first-order valence-electron chi connectivity index (χ1n) is 8.51. The molecular weight excluding hydrogens is 316 g/mol. The molecule has 0 bridgehead atoms. The number of nitrogens with one attached hydrogen (secondary N) is 2. The van der Waals surface area contributed by atoms with Gasteiger partial charge in [-0.1, -0.05) is 31.5 Å². The summed E-state index contributed by atoms with van der Waals surface area (Å²) in [6.07, 6.45) is 3.43. The molecule has 0 saturated carbocycles. The second-order valence-electron chi connectivity index (χ2n) is 5.80. The summed E-state index contributed by atoms with van der Waals surface area (Å²) in [6, 6.07) is 13.3. The number of ether oxygens (including phenoxy) is 2. The lowest BCUT2D eigenvalue weighted by molar-refractivity contribution is 0.251. The Morgan fingerprint density at radius 3 is 2.28 bits per heavy atom. The molecule has 134 valence electrons. The van der Waals surface area contributed by atoms with Crippen LogP contribution in [0.15, 0.2) is 42.5 Å². The van der Waals surface area contributed by atoms with E-state index in [1.54, 1.807) is 14.2 Å². The van der Waals surface area contributed by atoms with Crippen molar-refractivity contribution in [3.8, 4) is 11.5 Å². The number of methoxy groups -OCH3 is 2. The smallest absolute Gasteiger partial charge is 0.319 e. The molecule has 2 aromatic rings. The van der Waals surface area contributed by atoms with Crippen molar-refractivity contribution >= 4 is 11.7 Å². The Hall–Kier alpha value is -2.69. The molecule has 0 aliphatic heterocycles. The standard InChI is InChI=1S/C20H26N2O3/c1-4-5-6-15-7-10-17(11-8-15)22-20(23)21-14-16-9-12-18(24-2)19(13-16)25-3/h7-13H,4-6,14H2,1-3H3,(H2,21,22,23). The third-order valence-electron chi connectivity index (χ3n) is 3.93. The van der Waals surface area contributed by atoms with E-state index in [2.05, 4.69) is 29.7 Å². The van der Waals surface area contributed by atoms with Crippen molar-refractivity contribution in [2.24, 2.45) is 0 Å². The summed E-state index contributed by atoms with van der Waals surface area (Å²) in [4.78, 5) is 12.0. The Bertz CT molecular complexity index is 684. The summed E-state index contributed by atoms with van der Waals surface area (Å²) < 4.78 is 10.5. The van der Waals surface area contributed by atoms with E-state index >= 15 is 0 Å². The number of benzene rings is 2. The van der Waals surface area contributed by atoms with Crippen LogP contribution >= 0.6 is 0 Å². The summed E-state index contributed by atoms with van der Waals surface area (Å²) in [5.41, 5.74) is 3.01. The molecule has 0 spiro atoms. The SMILES string of the molecule is CCCCc1ccc(NC(=O)NCc2ccc(OC)c(OC)c2)cc1. The number of rotatable bonds is 8. The molecule has 0 radical (unpaired) electrons. The number of amides is 2. The lowest BCUT2D eigenvalue weighted by atomic mass is 10.1. The fourth-order valence-electron chi connectivity index (χ4n) is 2.48. The maximum atomic E-state index is 12.0. The van der Waals surface area contributed by atoms with Gasteiger partial charge in [-0.05, 0) is 48.2 Å². The van der Waals surface area contributed by atoms with Crippen LogP contribution in [-0.2, 0) is 13.0 Å². The van der Waals surface area contributed by atoms with E-state index in [1.807, 2.05) is 30.3 Å². The fraction of sp³-hybridized carbons (Fsp3) is 0.350. The summed E-state index contributed by atoms with van der Waals surface area (Å²) in [6.45, 7) is 2.58. The van der Waals surface area contributed by atoms with Gasteiger partial charge in [-0.15, -0.1) is 0 Å². The third-order valence-corrected chi connectivity index (χ3v) is 3.93. The number of carbonyl (C=O) groups is 1. The molecule has 25 heavy (non-hydrogen) atoms. The number of urea groups is 1. The van der Waals surface area contributed by atoms with Crippen LogP contribution in [0.4, 0.5) is 10.5 Å². The topological polar surface area (TPSA) is 59.6 Å². The van der Waals surface area contributed by atoms with Gasteiger partial charge in [0.15, 0.2) is 11.5 Å². The second-order valence-corrected chi connectivity index (χ2v) is 5.80. The van der Waals surface area contributed by atoms with E-state index in [-0.39, 0.29) is 6.03 Å². The van der Waals surface area contributed by atoms with Crippen LogP contribution in [-0.4, -0.2) is 20.3 Å². The molecule has 0 fully saturated rings. The average Bonchev–Trinajstić information content (AvgIpc) is 2.65. The lowest BCUT2D eigenvalue weighted by Crippen LogP contribution is -2.28. The first-order chi connectivity index (χ1) is 12.2. The monoisotopic (exact) mass is 342 g/mol. The van der Waals surface area contributed by atoms with Crippen LogP contribution in [0, 0.1) is 0 Å². The van der Waals surface area contributed by atoms with Gasteiger partial charge in [0.1, 0.15) is 0 Å². The summed E-state index contributed by atoms with van der Waals surface area (Å²) in [5.74, 6) is 1.31. The minimum atomic E-state index is -0.240. The molecule has 2 amide bonds. The van der Waals surface area contributed by atoms with E-state index in [1.165, 1.54) is 18.4 Å². The van der Waals surface area contributed by atoms with Crippen LogP contribution in [0.25, 0.3) is 0 Å². The summed E-state index contributed by atoms with van der Waals surface area (Å²) in [7, 11) is 3.18. The molecule has 0 aliphatic carbocycles. The van der Waals surface area contributed by atoms with Crippen LogP contribution in [0.5, 0.6) is 11.5 Å². The maximum Gasteiger partial charge on any atom is 0.319 e. The normalized spacial score (nSPS) is 10.2. The van der Waals surface area contributed by atoms with Gasteiger partial charge in [0, 0.05) is 12.2 Å². The van der Waals surface area contributed by atoms with Gasteiger partial charge >= 0.3 is 6.03 Å². The number of hydrogen-bond acceptors (Lipinski definition) is 3. The highest BCUT2D eigenvalue weighted by molar-refractivity contribution is 5.89. The molecule has 5 nitrogen and oxygen atoms in total. The van der Waals surface area contributed by atoms with Gasteiger partial charge in [-0.3, -0.25) is 0 Å². The van der Waals surface area contributed by atoms with Crippen molar-refractivity contribution in [2.45, 2.75) is 32.7 Å². The Labute approximate surface area is 149 Å². The molecule has 5 heteroatoms. The van der Waals surface area contributed by atoms with Crippen molar-refractivity contribution in [1.82, 2.24) is 5.32 Å². The first-order valence-corrected chi connectivity index (χ1v) is 8.51. The molecule has 2 aromatic carbocycles. The highest BCUT2D eigenvalue weighted by atomic mass is 16.5. The van der Waals surface area contributed by atoms with E-state index < -0.39 is 0 Å². The van der Waals surface area contributed by atoms with Crippen LogP contribution in [0.1, 0.15) is 30.9 Å². The number of carbonyl (C=O) groups excluding carboxylic acids is 1. The molecule has 2 N–H and O–H groups in total. The second kappa shape index (κ2) is 9.57. The quantitative estimate of drug-likeness (QED) is 0.749. The molecule has 0 unspecified atom stereocenters. The predicted molar refractivity (Wildman–Crippen MR) is 100 cm³/mol. The van der Waals surface area contributed by atoms with Crippen LogP contribution in [0.3, 0.4) is 0 Å². The minimum absolute atomic E-state index is 0.240. The van der Waals surface area contributed by atoms with Crippen molar-refractivity contribution in [3.63, 3.8) is 0 Å². The number of hydrogen-bond donors (Lipinski definition) is 2. The number of aryl methyl sites for hydroxylation is 1. The Morgan fingerprint density at radius 2 is 1.64 bits per heavy atom. The first kappa shape index (κ1) is 18.6. The summed E-state index contributed by atoms with van der Waals surface area (Å²) >= 11 is 0. The van der Waals surface area contributed by atoms with E-state index in [0.717, 1.165) is 17.7 Å². The molecule has 0 heterocycles. The van der Waals surface area contributed by atoms with Gasteiger partial charge in [-0.25, -0.2) is 4.79 Å². The van der Waals surface area contributed by atoms with Gasteiger partial charge < -0.3 is 20.1 Å². The Kier molecular flexibility index (Phi) is 7.14. The van der Waals surface area contributed by atoms with Crippen LogP contribution in [0.2, 0.25) is 0 Å². The zero-order valence-electron chi connectivity index (χ0n) is 15.1. The highest BCUT2D eigenvalue weighted by Gasteiger charge is 2.06. The molecule has 0 aliphatic rings. The molecule has 0 saturated heterocycles. The molecule has 0 atom stereocenters. The van der Waals surface area contributed by atoms with Gasteiger partial charge in [0.05, 0.1) is 14.2 Å². The largest absolute Gasteiger partial charge is 0.493 e. The fourth-order valence-corrected chi connectivity index (χ4v) is 2.48. The van der Waals surface area contributed by atoms with Gasteiger partial charge in [0.25, 0.3) is 0 Å².